The number of amides is 4. The molecule has 2 aliphatic carbocycles. The monoisotopic (exact) mass is 853 g/mol. The summed E-state index contributed by atoms with van der Waals surface area (Å²) in [4.78, 5) is 62.0. The van der Waals surface area contributed by atoms with Crippen LogP contribution in [-0.4, -0.2) is 96.0 Å². The fourth-order valence-electron chi connectivity index (χ4n) is 7.84. The number of alkyl halides is 3. The predicted molar refractivity (Wildman–Crippen MR) is 206 cm³/mol. The zero-order chi connectivity index (χ0) is 43.3. The number of fused-ring (bicyclic) bond motifs is 3. The van der Waals surface area contributed by atoms with Gasteiger partial charge in [0.2, 0.25) is 33.3 Å². The van der Waals surface area contributed by atoms with Crippen molar-refractivity contribution in [3.63, 3.8) is 0 Å². The van der Waals surface area contributed by atoms with Crippen LogP contribution in [0, 0.1) is 23.6 Å². The van der Waals surface area contributed by atoms with E-state index < -0.39 is 91.7 Å². The number of nitrogens with one attached hydrogen (secondary N) is 3. The molecule has 0 spiro atoms. The number of carbonyl (C=O) groups is 4. The summed E-state index contributed by atoms with van der Waals surface area (Å²) in [5.41, 5.74) is -4.60. The normalized spacial score (nSPS) is 29.2. The van der Waals surface area contributed by atoms with Crippen LogP contribution in [-0.2, 0) is 29.1 Å². The molecule has 0 radical (unpaired) electrons. The van der Waals surface area contributed by atoms with E-state index in [-0.39, 0.29) is 36.6 Å². The van der Waals surface area contributed by atoms with E-state index in [0.717, 1.165) is 4.90 Å². The van der Waals surface area contributed by atoms with Gasteiger partial charge in [0.1, 0.15) is 35.3 Å². The molecule has 2 aromatic rings. The summed E-state index contributed by atoms with van der Waals surface area (Å²) in [6.45, 7) is 6.27. The lowest BCUT2D eigenvalue weighted by Crippen LogP contribution is -2.60. The number of carbonyl (C=O) groups excluding carboxylic acids is 4. The highest BCUT2D eigenvalue weighted by atomic mass is 32.2. The van der Waals surface area contributed by atoms with Crippen LogP contribution in [0.2, 0.25) is 0 Å². The third-order valence-electron chi connectivity index (χ3n) is 12.2. The minimum Gasteiger partial charge on any atom is -0.494 e. The highest BCUT2D eigenvalue weighted by molar-refractivity contribution is 7.91. The SMILES string of the molecule is CC[C@@H]1C[C@H](C)CC/C=C/[C@@H]2C[C@@]2(C(=O)NS(=O)(=O)C2(C)CC2)NC(=O)[C@@H]2C[C@@H](Oc3ncc(OC)c4ccc(F)cc34)CN2C(=O)[C@H]1NC(=O)OC(C)(C)C(F)(F)F. The Bertz CT molecular complexity index is 2130. The predicted octanol–water partition coefficient (Wildman–Crippen LogP) is 5.44. The second-order valence-electron chi connectivity index (χ2n) is 17.0. The quantitative estimate of drug-likeness (QED) is 0.217. The number of ether oxygens (including phenoxy) is 3. The minimum absolute atomic E-state index is 0.0455. The van der Waals surface area contributed by atoms with Crippen LogP contribution in [0.1, 0.15) is 86.0 Å². The van der Waals surface area contributed by atoms with E-state index in [9.17, 15) is 45.2 Å². The number of alkyl carbamates (subject to hydrolysis) is 1. The Hall–Kier alpha value is -4.68. The van der Waals surface area contributed by atoms with Gasteiger partial charge in [-0.05, 0) is 89.3 Å². The van der Waals surface area contributed by atoms with Crippen molar-refractivity contribution in [2.24, 2.45) is 17.8 Å². The molecule has 2 saturated carbocycles. The Morgan fingerprint density at radius 3 is 2.47 bits per heavy atom. The van der Waals surface area contributed by atoms with Gasteiger partial charge in [0.15, 0.2) is 0 Å². The van der Waals surface area contributed by atoms with Gasteiger partial charge < -0.3 is 29.7 Å². The number of nitrogens with zero attached hydrogens (tertiary/aromatic N) is 2. The van der Waals surface area contributed by atoms with Crippen LogP contribution >= 0.6 is 0 Å². The lowest BCUT2D eigenvalue weighted by molar-refractivity contribution is -0.244. The first-order valence-electron chi connectivity index (χ1n) is 19.8. The molecular weight excluding hydrogens is 803 g/mol. The zero-order valence-electron chi connectivity index (χ0n) is 33.8. The zero-order valence-corrected chi connectivity index (χ0v) is 34.6. The maximum absolute atomic E-state index is 14.9. The van der Waals surface area contributed by atoms with Crippen molar-refractivity contribution < 1.29 is 59.4 Å². The number of hydrogen-bond donors (Lipinski definition) is 3. The molecule has 1 aromatic carbocycles. The third kappa shape index (κ3) is 8.94. The van der Waals surface area contributed by atoms with Gasteiger partial charge in [0, 0.05) is 17.7 Å². The fourth-order valence-corrected chi connectivity index (χ4v) is 9.15. The smallest absolute Gasteiger partial charge is 0.427 e. The van der Waals surface area contributed by atoms with Gasteiger partial charge in [-0.1, -0.05) is 32.4 Å². The average Bonchev–Trinajstić information content (AvgIpc) is 4.03. The number of pyridine rings is 1. The number of sulfonamides is 1. The van der Waals surface area contributed by atoms with Crippen LogP contribution in [0.5, 0.6) is 11.6 Å². The molecule has 4 amide bonds. The number of methoxy groups -OCH3 is 1. The molecule has 7 atom stereocenters. The summed E-state index contributed by atoms with van der Waals surface area (Å²) in [5.74, 6) is -4.18. The molecule has 1 aromatic heterocycles. The summed E-state index contributed by atoms with van der Waals surface area (Å²) in [6, 6.07) is 1.02. The summed E-state index contributed by atoms with van der Waals surface area (Å²) in [7, 11) is -2.69. The molecule has 14 nitrogen and oxygen atoms in total. The van der Waals surface area contributed by atoms with Gasteiger partial charge in [-0.15, -0.1) is 0 Å². The van der Waals surface area contributed by atoms with Crippen LogP contribution in [0.15, 0.2) is 36.5 Å². The molecule has 3 fully saturated rings. The first-order chi connectivity index (χ1) is 27.5. The number of aromatic nitrogens is 1. The van der Waals surface area contributed by atoms with Crippen molar-refractivity contribution in [1.29, 1.82) is 0 Å². The molecule has 19 heteroatoms. The molecule has 2 aliphatic heterocycles. The number of allylic oxidation sites excluding steroid dienone is 1. The Morgan fingerprint density at radius 2 is 1.83 bits per heavy atom. The molecule has 324 valence electrons. The van der Waals surface area contributed by atoms with Crippen LogP contribution in [0.25, 0.3) is 10.8 Å². The highest BCUT2D eigenvalue weighted by Gasteiger charge is 2.63. The maximum atomic E-state index is 14.9. The summed E-state index contributed by atoms with van der Waals surface area (Å²) in [6.07, 6.45) is -0.103. The van der Waals surface area contributed by atoms with Gasteiger partial charge in [0.25, 0.3) is 5.91 Å². The van der Waals surface area contributed by atoms with Gasteiger partial charge in [-0.2, -0.15) is 13.2 Å². The van der Waals surface area contributed by atoms with Gasteiger partial charge in [-0.3, -0.25) is 19.1 Å². The molecular formula is C40H51F4N5O9S. The highest BCUT2D eigenvalue weighted by Crippen LogP contribution is 2.48. The summed E-state index contributed by atoms with van der Waals surface area (Å²) >= 11 is 0. The van der Waals surface area contributed by atoms with Gasteiger partial charge in [-0.25, -0.2) is 22.6 Å². The lowest BCUT2D eigenvalue weighted by Gasteiger charge is -2.35. The molecule has 0 bridgehead atoms. The second kappa shape index (κ2) is 16.1. The second-order valence-corrected chi connectivity index (χ2v) is 19.2. The van der Waals surface area contributed by atoms with Crippen molar-refractivity contribution >= 4 is 44.6 Å². The van der Waals surface area contributed by atoms with Gasteiger partial charge >= 0.3 is 12.3 Å². The molecule has 3 heterocycles. The van der Waals surface area contributed by atoms with Crippen LogP contribution in [0.3, 0.4) is 0 Å². The minimum atomic E-state index is -4.94. The van der Waals surface area contributed by atoms with Gasteiger partial charge in [0.05, 0.1) is 30.0 Å². The number of halogens is 4. The Morgan fingerprint density at radius 1 is 1.12 bits per heavy atom. The molecule has 6 rings (SSSR count). The molecule has 59 heavy (non-hydrogen) atoms. The molecule has 3 N–H and O–H groups in total. The number of hydrogen-bond acceptors (Lipinski definition) is 10. The van der Waals surface area contributed by atoms with E-state index in [1.165, 1.54) is 38.4 Å². The Balaban J connectivity index is 1.38. The molecule has 4 aliphatic rings. The van der Waals surface area contributed by atoms with E-state index >= 15 is 0 Å². The largest absolute Gasteiger partial charge is 0.494 e. The van der Waals surface area contributed by atoms with E-state index in [4.69, 9.17) is 14.2 Å². The van der Waals surface area contributed by atoms with E-state index in [0.29, 0.717) is 63.5 Å². The topological polar surface area (TPSA) is 182 Å². The lowest BCUT2D eigenvalue weighted by atomic mass is 9.85. The van der Waals surface area contributed by atoms with E-state index in [1.54, 1.807) is 13.0 Å². The first kappa shape index (κ1) is 43.9. The van der Waals surface area contributed by atoms with E-state index in [1.807, 2.05) is 13.0 Å². The number of rotatable bonds is 9. The molecule has 0 unspecified atom stereocenters. The van der Waals surface area contributed by atoms with Crippen LogP contribution in [0.4, 0.5) is 22.4 Å². The number of benzene rings is 1. The fraction of sp³-hybridized carbons (Fsp3) is 0.625. The summed E-state index contributed by atoms with van der Waals surface area (Å²) < 4.78 is 99.8. The standard InChI is InChI=1S/C40H51F4N5O9S/c1-7-23-16-22(2)10-8-9-11-24-19-39(24,35(52)48-59(54,55)38(5)14-15-38)47-32(50)29-18-26(57-33-28-17-25(41)12-13-27(28)30(56-6)20-45-33)21-49(29)34(51)31(23)46-36(53)58-37(3,4)40(42,43)44/h9,11-13,17,20,22-24,26,29,31H,7-8,10,14-16,18-19,21H2,1-6H3,(H,46,53)(H,47,50)(H,48,52)/b11-9+/t22-,23-,24-,26-,29+,31+,39-/m1/s1. The van der Waals surface area contributed by atoms with Crippen molar-refractivity contribution in [2.45, 2.75) is 126 Å². The molecule has 1 saturated heterocycles. The average molecular weight is 854 g/mol. The Kier molecular flexibility index (Phi) is 11.9. The van der Waals surface area contributed by atoms with Crippen LogP contribution < -0.4 is 24.8 Å². The van der Waals surface area contributed by atoms with Crippen molar-refractivity contribution in [3.8, 4) is 11.6 Å². The van der Waals surface area contributed by atoms with E-state index in [2.05, 4.69) is 20.3 Å². The maximum Gasteiger partial charge on any atom is 0.427 e. The van der Waals surface area contributed by atoms with Crippen molar-refractivity contribution in [1.82, 2.24) is 25.2 Å². The van der Waals surface area contributed by atoms with Crippen molar-refractivity contribution in [3.05, 3.63) is 42.4 Å². The first-order valence-corrected chi connectivity index (χ1v) is 21.2. The summed E-state index contributed by atoms with van der Waals surface area (Å²) in [5, 5.41) is 5.85. The van der Waals surface area contributed by atoms with Crippen molar-refractivity contribution in [2.75, 3.05) is 13.7 Å². The Labute approximate surface area is 340 Å². The third-order valence-corrected chi connectivity index (χ3v) is 14.3.